The fraction of sp³-hybridized carbons (Fsp3) is 0.600. The van der Waals surface area contributed by atoms with Crippen LogP contribution < -0.4 is 10.6 Å². The summed E-state index contributed by atoms with van der Waals surface area (Å²) < 4.78 is 1.81. The summed E-state index contributed by atoms with van der Waals surface area (Å²) in [5.74, 6) is 1.42. The highest BCUT2D eigenvalue weighted by Crippen LogP contribution is 2.44. The van der Waals surface area contributed by atoms with Crippen LogP contribution in [-0.4, -0.2) is 28.3 Å². The SMILES string of the molecule is CCn1cc(NC(=O)c2csc([C@@H]3C[C@H]3NCC3CCCCC3)c2)cn1. The summed E-state index contributed by atoms with van der Waals surface area (Å²) in [6.45, 7) is 3.99. The highest BCUT2D eigenvalue weighted by atomic mass is 32.1. The standard InChI is InChI=1S/C20H28N4OS/c1-2-24-12-16(11-22-24)23-20(25)15-8-19(26-13-15)17-9-18(17)21-10-14-6-4-3-5-7-14/h8,11-14,17-18,21H,2-7,9-10H2,1H3,(H,23,25)/t17-,18-/m1/s1. The third-order valence-electron chi connectivity index (χ3n) is 5.65. The molecular weight excluding hydrogens is 344 g/mol. The molecule has 4 rings (SSSR count). The lowest BCUT2D eigenvalue weighted by Gasteiger charge is -2.21. The third-order valence-corrected chi connectivity index (χ3v) is 6.71. The van der Waals surface area contributed by atoms with Gasteiger partial charge in [-0.1, -0.05) is 19.3 Å². The number of hydrogen-bond donors (Lipinski definition) is 2. The molecule has 0 unspecified atom stereocenters. The molecule has 140 valence electrons. The van der Waals surface area contributed by atoms with Crippen LogP contribution in [0.15, 0.2) is 23.8 Å². The van der Waals surface area contributed by atoms with Crippen molar-refractivity contribution in [2.45, 2.75) is 64.0 Å². The molecule has 2 fully saturated rings. The smallest absolute Gasteiger partial charge is 0.256 e. The first-order valence-electron chi connectivity index (χ1n) is 9.88. The van der Waals surface area contributed by atoms with E-state index in [9.17, 15) is 4.79 Å². The molecule has 0 aliphatic heterocycles. The van der Waals surface area contributed by atoms with E-state index in [0.29, 0.717) is 12.0 Å². The summed E-state index contributed by atoms with van der Waals surface area (Å²) in [6, 6.07) is 2.67. The van der Waals surface area contributed by atoms with Crippen molar-refractivity contribution in [2.75, 3.05) is 11.9 Å². The normalized spacial score (nSPS) is 23.1. The van der Waals surface area contributed by atoms with E-state index >= 15 is 0 Å². The Morgan fingerprint density at radius 2 is 2.19 bits per heavy atom. The number of carbonyl (C=O) groups excluding carboxylic acids is 1. The van der Waals surface area contributed by atoms with Gasteiger partial charge in [0.2, 0.25) is 0 Å². The minimum atomic E-state index is -0.0458. The average molecular weight is 373 g/mol. The Balaban J connectivity index is 1.27. The molecule has 0 saturated heterocycles. The fourth-order valence-electron chi connectivity index (χ4n) is 3.92. The number of aryl methyl sites for hydroxylation is 1. The van der Waals surface area contributed by atoms with Crippen LogP contribution >= 0.6 is 11.3 Å². The summed E-state index contributed by atoms with van der Waals surface area (Å²) in [6.07, 6.45) is 11.8. The van der Waals surface area contributed by atoms with E-state index in [2.05, 4.69) is 21.8 Å². The maximum Gasteiger partial charge on any atom is 0.256 e. The first kappa shape index (κ1) is 17.7. The van der Waals surface area contributed by atoms with Gasteiger partial charge in [-0.3, -0.25) is 9.48 Å². The predicted octanol–water partition coefficient (Wildman–Crippen LogP) is 4.24. The molecule has 2 N–H and O–H groups in total. The second-order valence-electron chi connectivity index (χ2n) is 7.64. The summed E-state index contributed by atoms with van der Waals surface area (Å²) in [4.78, 5) is 13.8. The number of nitrogens with zero attached hydrogens (tertiary/aromatic N) is 2. The quantitative estimate of drug-likeness (QED) is 0.764. The van der Waals surface area contributed by atoms with Gasteiger partial charge in [-0.25, -0.2) is 0 Å². The van der Waals surface area contributed by atoms with Crippen LogP contribution in [0.5, 0.6) is 0 Å². The van der Waals surface area contributed by atoms with E-state index in [1.165, 1.54) is 49.9 Å². The zero-order chi connectivity index (χ0) is 17.9. The van der Waals surface area contributed by atoms with Gasteiger partial charge >= 0.3 is 0 Å². The molecule has 0 radical (unpaired) electrons. The van der Waals surface area contributed by atoms with E-state index in [1.54, 1.807) is 22.2 Å². The van der Waals surface area contributed by atoms with Crippen molar-refractivity contribution in [3.05, 3.63) is 34.3 Å². The molecule has 1 amide bonds. The molecule has 5 nitrogen and oxygen atoms in total. The average Bonchev–Trinajstić information content (AvgIpc) is 3.07. The van der Waals surface area contributed by atoms with Gasteiger partial charge in [-0.05, 0) is 44.7 Å². The topological polar surface area (TPSA) is 59.0 Å². The Labute approximate surface area is 159 Å². The van der Waals surface area contributed by atoms with Crippen molar-refractivity contribution < 1.29 is 4.79 Å². The lowest BCUT2D eigenvalue weighted by molar-refractivity contribution is 0.102. The molecule has 2 heterocycles. The van der Waals surface area contributed by atoms with Crippen LogP contribution in [0.25, 0.3) is 0 Å². The highest BCUT2D eigenvalue weighted by Gasteiger charge is 2.39. The number of thiophene rings is 1. The van der Waals surface area contributed by atoms with Crippen molar-refractivity contribution in [3.8, 4) is 0 Å². The summed E-state index contributed by atoms with van der Waals surface area (Å²) in [7, 11) is 0. The lowest BCUT2D eigenvalue weighted by Crippen LogP contribution is -2.26. The van der Waals surface area contributed by atoms with E-state index in [1.807, 2.05) is 18.5 Å². The first-order chi connectivity index (χ1) is 12.7. The maximum atomic E-state index is 12.4. The van der Waals surface area contributed by atoms with Gasteiger partial charge in [-0.2, -0.15) is 5.10 Å². The van der Waals surface area contributed by atoms with Crippen molar-refractivity contribution >= 4 is 22.9 Å². The summed E-state index contributed by atoms with van der Waals surface area (Å²) in [5, 5.41) is 12.9. The molecule has 2 aliphatic carbocycles. The van der Waals surface area contributed by atoms with Crippen LogP contribution in [0.2, 0.25) is 0 Å². The number of anilines is 1. The molecule has 2 aromatic rings. The Morgan fingerprint density at radius 3 is 2.96 bits per heavy atom. The first-order valence-corrected chi connectivity index (χ1v) is 10.8. The van der Waals surface area contributed by atoms with E-state index in [-0.39, 0.29) is 5.91 Å². The van der Waals surface area contributed by atoms with Gasteiger partial charge in [0.05, 0.1) is 17.4 Å². The van der Waals surface area contributed by atoms with Gasteiger partial charge in [-0.15, -0.1) is 11.3 Å². The Hall–Kier alpha value is -1.66. The summed E-state index contributed by atoms with van der Waals surface area (Å²) >= 11 is 1.71. The molecule has 2 atom stereocenters. The molecule has 26 heavy (non-hydrogen) atoms. The maximum absolute atomic E-state index is 12.4. The van der Waals surface area contributed by atoms with Crippen LogP contribution in [0.1, 0.15) is 66.6 Å². The van der Waals surface area contributed by atoms with Crippen LogP contribution in [0.3, 0.4) is 0 Å². The van der Waals surface area contributed by atoms with Gasteiger partial charge in [0.1, 0.15) is 0 Å². The van der Waals surface area contributed by atoms with Gasteiger partial charge < -0.3 is 10.6 Å². The van der Waals surface area contributed by atoms with Crippen LogP contribution in [-0.2, 0) is 6.54 Å². The Bertz CT molecular complexity index is 747. The molecule has 2 saturated carbocycles. The largest absolute Gasteiger partial charge is 0.319 e. The number of hydrogen-bond acceptors (Lipinski definition) is 4. The molecule has 0 spiro atoms. The molecular formula is C20H28N4OS. The summed E-state index contributed by atoms with van der Waals surface area (Å²) in [5.41, 5.74) is 1.51. The number of amides is 1. The second kappa shape index (κ2) is 7.92. The van der Waals surface area contributed by atoms with Crippen LogP contribution in [0.4, 0.5) is 5.69 Å². The fourth-order valence-corrected chi connectivity index (χ4v) is 4.98. The monoisotopic (exact) mass is 372 g/mol. The minimum absolute atomic E-state index is 0.0458. The highest BCUT2D eigenvalue weighted by molar-refractivity contribution is 7.10. The van der Waals surface area contributed by atoms with Crippen molar-refractivity contribution in [3.63, 3.8) is 0 Å². The van der Waals surface area contributed by atoms with E-state index < -0.39 is 0 Å². The van der Waals surface area contributed by atoms with Crippen molar-refractivity contribution in [2.24, 2.45) is 5.92 Å². The Morgan fingerprint density at radius 1 is 1.35 bits per heavy atom. The number of rotatable bonds is 7. The number of carbonyl (C=O) groups is 1. The van der Waals surface area contributed by atoms with Gasteiger partial charge in [0.25, 0.3) is 5.91 Å². The minimum Gasteiger partial charge on any atom is -0.319 e. The van der Waals surface area contributed by atoms with E-state index in [0.717, 1.165) is 23.7 Å². The molecule has 0 bridgehead atoms. The van der Waals surface area contributed by atoms with Crippen LogP contribution in [0, 0.1) is 5.92 Å². The predicted molar refractivity (Wildman–Crippen MR) is 106 cm³/mol. The van der Waals surface area contributed by atoms with E-state index in [4.69, 9.17) is 0 Å². The molecule has 6 heteroatoms. The zero-order valence-electron chi connectivity index (χ0n) is 15.4. The molecule has 2 aliphatic rings. The van der Waals surface area contributed by atoms with Gasteiger partial charge in [0, 0.05) is 35.0 Å². The van der Waals surface area contributed by atoms with Crippen molar-refractivity contribution in [1.82, 2.24) is 15.1 Å². The molecule has 2 aromatic heterocycles. The number of nitrogens with one attached hydrogen (secondary N) is 2. The third kappa shape index (κ3) is 4.18. The molecule has 0 aromatic carbocycles. The Kier molecular flexibility index (Phi) is 5.41. The number of aromatic nitrogens is 2. The van der Waals surface area contributed by atoms with Gasteiger partial charge in [0.15, 0.2) is 0 Å². The zero-order valence-corrected chi connectivity index (χ0v) is 16.2. The van der Waals surface area contributed by atoms with Crippen molar-refractivity contribution in [1.29, 1.82) is 0 Å². The second-order valence-corrected chi connectivity index (χ2v) is 8.58. The lowest BCUT2D eigenvalue weighted by atomic mass is 9.89.